The van der Waals surface area contributed by atoms with Gasteiger partial charge in [0.15, 0.2) is 6.10 Å². The van der Waals surface area contributed by atoms with Gasteiger partial charge in [-0.25, -0.2) is 0 Å². The van der Waals surface area contributed by atoms with Crippen molar-refractivity contribution < 1.29 is 9.53 Å². The monoisotopic (exact) mass is 325 g/mol. The van der Waals surface area contributed by atoms with Crippen LogP contribution in [0.15, 0.2) is 48.5 Å². The first-order valence-corrected chi connectivity index (χ1v) is 8.66. The van der Waals surface area contributed by atoms with Crippen LogP contribution in [0.25, 0.3) is 0 Å². The lowest BCUT2D eigenvalue weighted by Gasteiger charge is -2.21. The molecule has 0 spiro atoms. The zero-order chi connectivity index (χ0) is 17.5. The highest BCUT2D eigenvalue weighted by molar-refractivity contribution is 5.81. The van der Waals surface area contributed by atoms with Crippen molar-refractivity contribution in [2.45, 2.75) is 52.7 Å². The van der Waals surface area contributed by atoms with Crippen LogP contribution in [-0.2, 0) is 11.2 Å². The molecule has 0 aliphatic rings. The third kappa shape index (κ3) is 4.85. The van der Waals surface area contributed by atoms with Crippen LogP contribution in [0, 0.1) is 6.92 Å². The number of benzene rings is 2. The van der Waals surface area contributed by atoms with Gasteiger partial charge in [-0.3, -0.25) is 4.79 Å². The quantitative estimate of drug-likeness (QED) is 0.808. The molecule has 24 heavy (non-hydrogen) atoms. The lowest BCUT2D eigenvalue weighted by Crippen LogP contribution is -2.39. The summed E-state index contributed by atoms with van der Waals surface area (Å²) in [6, 6.07) is 16.1. The molecule has 0 bridgehead atoms. The van der Waals surface area contributed by atoms with Gasteiger partial charge in [0, 0.05) is 0 Å². The van der Waals surface area contributed by atoms with Crippen LogP contribution in [0.3, 0.4) is 0 Å². The molecule has 0 fully saturated rings. The molecule has 1 N–H and O–H groups in total. The summed E-state index contributed by atoms with van der Waals surface area (Å²) in [4.78, 5) is 12.5. The van der Waals surface area contributed by atoms with Crippen molar-refractivity contribution in [1.29, 1.82) is 0 Å². The molecule has 0 unspecified atom stereocenters. The standard InChI is InChI=1S/C21H27NO2/c1-5-17-9-13-19(14-10-17)24-20(6-2)21(23)22-16(4)18-11-7-15(3)8-12-18/h7-14,16,20H,5-6H2,1-4H3,(H,22,23)/t16-,20+/m0/s1. The highest BCUT2D eigenvalue weighted by Gasteiger charge is 2.20. The molecule has 2 atom stereocenters. The Morgan fingerprint density at radius 2 is 1.67 bits per heavy atom. The van der Waals surface area contributed by atoms with E-state index in [4.69, 9.17) is 4.74 Å². The van der Waals surface area contributed by atoms with Gasteiger partial charge < -0.3 is 10.1 Å². The zero-order valence-electron chi connectivity index (χ0n) is 15.0. The van der Waals surface area contributed by atoms with Crippen LogP contribution in [0.1, 0.15) is 49.9 Å². The van der Waals surface area contributed by atoms with Crippen molar-refractivity contribution in [2.75, 3.05) is 0 Å². The van der Waals surface area contributed by atoms with Crippen molar-refractivity contribution in [3.8, 4) is 5.75 Å². The first kappa shape index (κ1) is 18.1. The first-order chi connectivity index (χ1) is 11.5. The number of aryl methyl sites for hydroxylation is 2. The van der Waals surface area contributed by atoms with Crippen molar-refractivity contribution in [1.82, 2.24) is 5.32 Å². The predicted molar refractivity (Wildman–Crippen MR) is 98.3 cm³/mol. The number of nitrogens with one attached hydrogen (secondary N) is 1. The summed E-state index contributed by atoms with van der Waals surface area (Å²) in [5.74, 6) is 0.655. The highest BCUT2D eigenvalue weighted by atomic mass is 16.5. The molecule has 2 aromatic carbocycles. The average Bonchev–Trinajstić information content (AvgIpc) is 2.60. The minimum Gasteiger partial charge on any atom is -0.481 e. The second-order valence-electron chi connectivity index (χ2n) is 6.15. The summed E-state index contributed by atoms with van der Waals surface area (Å²) in [5.41, 5.74) is 3.56. The van der Waals surface area contributed by atoms with E-state index in [1.54, 1.807) is 0 Å². The molecule has 1 amide bonds. The Balaban J connectivity index is 1.98. The van der Waals surface area contributed by atoms with Gasteiger partial charge in [0.1, 0.15) is 5.75 Å². The van der Waals surface area contributed by atoms with Crippen molar-refractivity contribution in [3.63, 3.8) is 0 Å². The third-order valence-electron chi connectivity index (χ3n) is 4.21. The van der Waals surface area contributed by atoms with Crippen LogP contribution in [0.5, 0.6) is 5.75 Å². The molecule has 0 saturated heterocycles. The summed E-state index contributed by atoms with van der Waals surface area (Å²) in [6.07, 6.45) is 1.14. The average molecular weight is 325 g/mol. The number of amides is 1. The number of rotatable bonds is 7. The van der Waals surface area contributed by atoms with Crippen LogP contribution < -0.4 is 10.1 Å². The molecule has 0 saturated carbocycles. The predicted octanol–water partition coefficient (Wildman–Crippen LogP) is 4.59. The maximum atomic E-state index is 12.5. The van der Waals surface area contributed by atoms with Gasteiger partial charge >= 0.3 is 0 Å². The Bertz CT molecular complexity index is 647. The van der Waals surface area contributed by atoms with Gasteiger partial charge in [-0.05, 0) is 49.9 Å². The van der Waals surface area contributed by atoms with Crippen molar-refractivity contribution >= 4 is 5.91 Å². The van der Waals surface area contributed by atoms with E-state index in [0.29, 0.717) is 6.42 Å². The van der Waals surface area contributed by atoms with E-state index in [-0.39, 0.29) is 11.9 Å². The Kier molecular flexibility index (Phi) is 6.42. The Labute approximate surface area is 145 Å². The summed E-state index contributed by atoms with van der Waals surface area (Å²) >= 11 is 0. The molecular weight excluding hydrogens is 298 g/mol. The summed E-state index contributed by atoms with van der Waals surface area (Å²) in [7, 11) is 0. The highest BCUT2D eigenvalue weighted by Crippen LogP contribution is 2.17. The van der Waals surface area contributed by atoms with Gasteiger partial charge in [0.25, 0.3) is 5.91 Å². The Hall–Kier alpha value is -2.29. The van der Waals surface area contributed by atoms with E-state index in [9.17, 15) is 4.79 Å². The SMILES string of the molecule is CCc1ccc(O[C@H](CC)C(=O)N[C@@H](C)c2ccc(C)cc2)cc1. The minimum atomic E-state index is -0.481. The normalized spacial score (nSPS) is 13.2. The van der Waals surface area contributed by atoms with Crippen LogP contribution >= 0.6 is 0 Å². The molecule has 0 aromatic heterocycles. The molecule has 128 valence electrons. The maximum absolute atomic E-state index is 12.5. The van der Waals surface area contributed by atoms with E-state index in [0.717, 1.165) is 17.7 Å². The topological polar surface area (TPSA) is 38.3 Å². The van der Waals surface area contributed by atoms with Gasteiger partial charge in [-0.15, -0.1) is 0 Å². The van der Waals surface area contributed by atoms with E-state index < -0.39 is 6.10 Å². The number of hydrogen-bond acceptors (Lipinski definition) is 2. The molecule has 0 heterocycles. The van der Waals surface area contributed by atoms with Gasteiger partial charge in [0.2, 0.25) is 0 Å². The Morgan fingerprint density at radius 1 is 1.04 bits per heavy atom. The smallest absolute Gasteiger partial charge is 0.261 e. The fourth-order valence-electron chi connectivity index (χ4n) is 2.54. The summed E-state index contributed by atoms with van der Waals surface area (Å²) < 4.78 is 5.87. The number of carbonyl (C=O) groups excluding carboxylic acids is 1. The largest absolute Gasteiger partial charge is 0.481 e. The molecule has 2 rings (SSSR count). The molecule has 3 nitrogen and oxygen atoms in total. The fraction of sp³-hybridized carbons (Fsp3) is 0.381. The van der Waals surface area contributed by atoms with E-state index >= 15 is 0 Å². The third-order valence-corrected chi connectivity index (χ3v) is 4.21. The lowest BCUT2D eigenvalue weighted by molar-refractivity contribution is -0.128. The zero-order valence-corrected chi connectivity index (χ0v) is 15.0. The van der Waals surface area contributed by atoms with Gasteiger partial charge in [-0.2, -0.15) is 0 Å². The van der Waals surface area contributed by atoms with Crippen LogP contribution in [-0.4, -0.2) is 12.0 Å². The molecule has 0 radical (unpaired) electrons. The molecule has 0 aliphatic carbocycles. The van der Waals surface area contributed by atoms with Crippen molar-refractivity contribution in [3.05, 3.63) is 65.2 Å². The van der Waals surface area contributed by atoms with E-state index in [1.165, 1.54) is 11.1 Å². The first-order valence-electron chi connectivity index (χ1n) is 8.66. The maximum Gasteiger partial charge on any atom is 0.261 e. The van der Waals surface area contributed by atoms with Gasteiger partial charge in [-0.1, -0.05) is 55.8 Å². The van der Waals surface area contributed by atoms with Crippen LogP contribution in [0.2, 0.25) is 0 Å². The fourth-order valence-corrected chi connectivity index (χ4v) is 2.54. The summed E-state index contributed by atoms with van der Waals surface area (Å²) in [5, 5.41) is 3.05. The van der Waals surface area contributed by atoms with Crippen molar-refractivity contribution in [2.24, 2.45) is 0 Å². The van der Waals surface area contributed by atoms with Gasteiger partial charge in [0.05, 0.1) is 6.04 Å². The minimum absolute atomic E-state index is 0.0433. The molecule has 3 heteroatoms. The molecular formula is C21H27NO2. The van der Waals surface area contributed by atoms with Crippen LogP contribution in [0.4, 0.5) is 0 Å². The van der Waals surface area contributed by atoms with E-state index in [1.807, 2.05) is 50.2 Å². The summed E-state index contributed by atoms with van der Waals surface area (Å²) in [6.45, 7) is 8.12. The Morgan fingerprint density at radius 3 is 2.21 bits per heavy atom. The lowest BCUT2D eigenvalue weighted by atomic mass is 10.1. The second kappa shape index (κ2) is 8.53. The molecule has 0 aliphatic heterocycles. The second-order valence-corrected chi connectivity index (χ2v) is 6.15. The number of hydrogen-bond donors (Lipinski definition) is 1. The number of carbonyl (C=O) groups is 1. The molecule has 2 aromatic rings. The van der Waals surface area contributed by atoms with E-state index in [2.05, 4.69) is 31.3 Å². The number of ether oxygens (including phenoxy) is 1.